The lowest BCUT2D eigenvalue weighted by Crippen LogP contribution is -2.12. The van der Waals surface area contributed by atoms with Crippen LogP contribution in [-0.4, -0.2) is 20.7 Å². The Balaban J connectivity index is 1.71. The average molecular weight is 334 g/mol. The number of fused-ring (bicyclic) bond motifs is 1. The maximum Gasteiger partial charge on any atom is 0.255 e. The van der Waals surface area contributed by atoms with Crippen LogP contribution in [0.5, 0.6) is 0 Å². The van der Waals surface area contributed by atoms with Gasteiger partial charge in [0, 0.05) is 17.1 Å². The van der Waals surface area contributed by atoms with E-state index >= 15 is 0 Å². The number of hydrogen-bond donors (Lipinski definition) is 1. The standard InChI is InChI=1S/C20H22N4O/c1-2-18-17-10-9-14(20(25)22-15-6-5-11-21-13-15)12-19(17)24(23-18)16-7-3-4-8-16/h5-6,9-13,16H,2-4,7-8H2,1H3,(H,22,25). The second-order valence-electron chi connectivity index (χ2n) is 6.61. The fourth-order valence-corrected chi connectivity index (χ4v) is 3.67. The van der Waals surface area contributed by atoms with Crippen LogP contribution < -0.4 is 5.32 Å². The molecular weight excluding hydrogens is 312 g/mol. The molecule has 0 bridgehead atoms. The van der Waals surface area contributed by atoms with Gasteiger partial charge in [-0.2, -0.15) is 5.10 Å². The summed E-state index contributed by atoms with van der Waals surface area (Å²) in [4.78, 5) is 16.6. The molecule has 25 heavy (non-hydrogen) atoms. The molecule has 1 saturated carbocycles. The zero-order chi connectivity index (χ0) is 17.2. The highest BCUT2D eigenvalue weighted by atomic mass is 16.1. The molecule has 128 valence electrons. The quantitative estimate of drug-likeness (QED) is 0.771. The molecule has 5 heteroatoms. The predicted molar refractivity (Wildman–Crippen MR) is 98.8 cm³/mol. The Morgan fingerprint density at radius 1 is 1.28 bits per heavy atom. The van der Waals surface area contributed by atoms with Crippen LogP contribution >= 0.6 is 0 Å². The smallest absolute Gasteiger partial charge is 0.255 e. The van der Waals surface area contributed by atoms with Crippen molar-refractivity contribution in [3.63, 3.8) is 0 Å². The number of anilines is 1. The van der Waals surface area contributed by atoms with E-state index in [1.807, 2.05) is 30.3 Å². The first-order chi connectivity index (χ1) is 12.3. The number of amides is 1. The Hall–Kier alpha value is -2.69. The molecule has 1 N–H and O–H groups in total. The fraction of sp³-hybridized carbons (Fsp3) is 0.350. The Labute approximate surface area is 147 Å². The normalized spacial score (nSPS) is 14.9. The molecule has 2 heterocycles. The van der Waals surface area contributed by atoms with E-state index in [0.717, 1.165) is 23.0 Å². The summed E-state index contributed by atoms with van der Waals surface area (Å²) in [7, 11) is 0. The summed E-state index contributed by atoms with van der Waals surface area (Å²) in [5.74, 6) is -0.118. The SMILES string of the molecule is CCc1nn(C2CCCC2)c2cc(C(=O)Nc3cccnc3)ccc12. The number of nitrogens with zero attached hydrogens (tertiary/aromatic N) is 3. The van der Waals surface area contributed by atoms with Gasteiger partial charge in [-0.25, -0.2) is 0 Å². The van der Waals surface area contributed by atoms with Gasteiger partial charge in [0.1, 0.15) is 0 Å². The third kappa shape index (κ3) is 3.02. The van der Waals surface area contributed by atoms with E-state index in [9.17, 15) is 4.79 Å². The lowest BCUT2D eigenvalue weighted by atomic mass is 10.1. The summed E-state index contributed by atoms with van der Waals surface area (Å²) >= 11 is 0. The van der Waals surface area contributed by atoms with E-state index in [4.69, 9.17) is 5.10 Å². The van der Waals surface area contributed by atoms with Crippen LogP contribution in [0.4, 0.5) is 5.69 Å². The fourth-order valence-electron chi connectivity index (χ4n) is 3.67. The van der Waals surface area contributed by atoms with E-state index in [-0.39, 0.29) is 5.91 Å². The summed E-state index contributed by atoms with van der Waals surface area (Å²) in [6.07, 6.45) is 9.10. The number of pyridine rings is 1. The van der Waals surface area contributed by atoms with Crippen LogP contribution in [-0.2, 0) is 6.42 Å². The molecule has 3 aromatic rings. The second-order valence-corrected chi connectivity index (χ2v) is 6.61. The van der Waals surface area contributed by atoms with Crippen molar-refractivity contribution in [1.29, 1.82) is 0 Å². The van der Waals surface area contributed by atoms with Crippen molar-refractivity contribution in [2.75, 3.05) is 5.32 Å². The van der Waals surface area contributed by atoms with Crippen molar-refractivity contribution in [1.82, 2.24) is 14.8 Å². The van der Waals surface area contributed by atoms with Crippen LogP contribution in [0.3, 0.4) is 0 Å². The third-order valence-corrected chi connectivity index (χ3v) is 4.97. The number of carbonyl (C=O) groups excluding carboxylic acids is 1. The number of nitrogens with one attached hydrogen (secondary N) is 1. The first-order valence-electron chi connectivity index (χ1n) is 8.99. The van der Waals surface area contributed by atoms with Crippen molar-refractivity contribution in [2.45, 2.75) is 45.1 Å². The summed E-state index contributed by atoms with van der Waals surface area (Å²) in [5, 5.41) is 8.91. The van der Waals surface area contributed by atoms with E-state index in [2.05, 4.69) is 21.9 Å². The Bertz CT molecular complexity index is 895. The molecule has 2 aromatic heterocycles. The minimum Gasteiger partial charge on any atom is -0.321 e. The third-order valence-electron chi connectivity index (χ3n) is 4.97. The molecule has 0 unspecified atom stereocenters. The monoisotopic (exact) mass is 334 g/mol. The minimum absolute atomic E-state index is 0.118. The molecule has 0 spiro atoms. The highest BCUT2D eigenvalue weighted by Gasteiger charge is 2.22. The Kier molecular flexibility index (Phi) is 4.22. The average Bonchev–Trinajstić information content (AvgIpc) is 3.29. The van der Waals surface area contributed by atoms with Gasteiger partial charge in [-0.15, -0.1) is 0 Å². The van der Waals surface area contributed by atoms with E-state index in [1.165, 1.54) is 25.7 Å². The predicted octanol–water partition coefficient (Wildman–Crippen LogP) is 4.36. The number of hydrogen-bond acceptors (Lipinski definition) is 3. The summed E-state index contributed by atoms with van der Waals surface area (Å²) in [6.45, 7) is 2.13. The highest BCUT2D eigenvalue weighted by molar-refractivity contribution is 6.06. The lowest BCUT2D eigenvalue weighted by Gasteiger charge is -2.12. The van der Waals surface area contributed by atoms with Gasteiger partial charge in [0.2, 0.25) is 0 Å². The molecule has 0 saturated heterocycles. The Morgan fingerprint density at radius 3 is 2.84 bits per heavy atom. The molecule has 1 aliphatic carbocycles. The topological polar surface area (TPSA) is 59.8 Å². The van der Waals surface area contributed by atoms with Crippen molar-refractivity contribution >= 4 is 22.5 Å². The van der Waals surface area contributed by atoms with Crippen LogP contribution in [0.15, 0.2) is 42.7 Å². The molecule has 1 amide bonds. The number of aryl methyl sites for hydroxylation is 1. The van der Waals surface area contributed by atoms with Crippen LogP contribution in [0.25, 0.3) is 10.9 Å². The largest absolute Gasteiger partial charge is 0.321 e. The molecule has 1 aromatic carbocycles. The second kappa shape index (κ2) is 6.67. The van der Waals surface area contributed by atoms with Gasteiger partial charge in [-0.05, 0) is 43.5 Å². The number of carbonyl (C=O) groups is 1. The van der Waals surface area contributed by atoms with E-state index in [0.29, 0.717) is 17.3 Å². The molecular formula is C20H22N4O. The van der Waals surface area contributed by atoms with E-state index < -0.39 is 0 Å². The van der Waals surface area contributed by atoms with Crippen molar-refractivity contribution in [3.05, 3.63) is 54.0 Å². The van der Waals surface area contributed by atoms with Crippen molar-refractivity contribution in [3.8, 4) is 0 Å². The highest BCUT2D eigenvalue weighted by Crippen LogP contribution is 2.33. The molecule has 4 rings (SSSR count). The van der Waals surface area contributed by atoms with Gasteiger partial charge in [-0.3, -0.25) is 14.5 Å². The molecule has 5 nitrogen and oxygen atoms in total. The Morgan fingerprint density at radius 2 is 2.12 bits per heavy atom. The van der Waals surface area contributed by atoms with Gasteiger partial charge in [0.05, 0.1) is 29.1 Å². The maximum absolute atomic E-state index is 12.6. The summed E-state index contributed by atoms with van der Waals surface area (Å²) in [5.41, 5.74) is 3.54. The summed E-state index contributed by atoms with van der Waals surface area (Å²) < 4.78 is 2.15. The van der Waals surface area contributed by atoms with Gasteiger partial charge in [-0.1, -0.05) is 25.8 Å². The first kappa shape index (κ1) is 15.8. The molecule has 0 radical (unpaired) electrons. The zero-order valence-corrected chi connectivity index (χ0v) is 14.4. The molecule has 1 aliphatic rings. The molecule has 0 aliphatic heterocycles. The zero-order valence-electron chi connectivity index (χ0n) is 14.4. The summed E-state index contributed by atoms with van der Waals surface area (Å²) in [6, 6.07) is 9.99. The van der Waals surface area contributed by atoms with Crippen molar-refractivity contribution < 1.29 is 4.79 Å². The van der Waals surface area contributed by atoms with Crippen LogP contribution in [0, 0.1) is 0 Å². The van der Waals surface area contributed by atoms with Gasteiger partial charge >= 0.3 is 0 Å². The van der Waals surface area contributed by atoms with Crippen LogP contribution in [0.1, 0.15) is 54.7 Å². The van der Waals surface area contributed by atoms with Crippen LogP contribution in [0.2, 0.25) is 0 Å². The molecule has 0 atom stereocenters. The van der Waals surface area contributed by atoms with Gasteiger partial charge < -0.3 is 5.32 Å². The first-order valence-corrected chi connectivity index (χ1v) is 8.99. The lowest BCUT2D eigenvalue weighted by molar-refractivity contribution is 0.102. The van der Waals surface area contributed by atoms with E-state index in [1.54, 1.807) is 12.4 Å². The number of rotatable bonds is 4. The maximum atomic E-state index is 12.6. The minimum atomic E-state index is -0.118. The van der Waals surface area contributed by atoms with Gasteiger partial charge in [0.15, 0.2) is 0 Å². The molecule has 1 fully saturated rings. The number of benzene rings is 1. The van der Waals surface area contributed by atoms with Gasteiger partial charge in [0.25, 0.3) is 5.91 Å². The van der Waals surface area contributed by atoms with Crippen molar-refractivity contribution in [2.24, 2.45) is 0 Å². The number of aromatic nitrogens is 3.